The van der Waals surface area contributed by atoms with Gasteiger partial charge in [0.15, 0.2) is 0 Å². The van der Waals surface area contributed by atoms with Crippen LogP contribution < -0.4 is 4.90 Å². The van der Waals surface area contributed by atoms with Crippen LogP contribution in [0.3, 0.4) is 0 Å². The SMILES string of the molecule is CC(C)(C)c1cc(-c2cc(C(C)(C)C)cc(C(C)(C)C)c2)cc(-c2cc(C(C)(C)C)cc(N(c3ccc(-c4ccccc4)cc3)c3ccc4c(c3)C(C)(C)c3ccccc3-4)c2-c2ccccc2)c1. The smallest absolute Gasteiger partial charge is 0.0549 e. The Kier molecular flexibility index (Phi) is 11.6. The van der Waals surface area contributed by atoms with Crippen molar-refractivity contribution < 1.29 is 0 Å². The highest BCUT2D eigenvalue weighted by Crippen LogP contribution is 2.53. The van der Waals surface area contributed by atoms with Crippen LogP contribution in [0.1, 0.15) is 130 Å². The minimum Gasteiger partial charge on any atom is -0.310 e. The summed E-state index contributed by atoms with van der Waals surface area (Å²) in [5.41, 5.74) is 23.5. The van der Waals surface area contributed by atoms with Gasteiger partial charge < -0.3 is 4.90 Å². The first kappa shape index (κ1) is 46.7. The molecule has 0 unspecified atom stereocenters. The van der Waals surface area contributed by atoms with Crippen LogP contribution in [0.25, 0.3) is 55.6 Å². The van der Waals surface area contributed by atoms with Gasteiger partial charge in [0.2, 0.25) is 0 Å². The topological polar surface area (TPSA) is 3.24 Å². The first-order valence-corrected chi connectivity index (χ1v) is 24.7. The molecular weight excluding hydrogens is 819 g/mol. The average molecular weight is 890 g/mol. The predicted molar refractivity (Wildman–Crippen MR) is 295 cm³/mol. The molecule has 8 aromatic rings. The third-order valence-electron chi connectivity index (χ3n) is 14.5. The van der Waals surface area contributed by atoms with E-state index in [0.717, 1.165) is 17.1 Å². The molecule has 1 heteroatoms. The van der Waals surface area contributed by atoms with Crippen LogP contribution in [0.5, 0.6) is 0 Å². The van der Waals surface area contributed by atoms with Gasteiger partial charge in [0.05, 0.1) is 5.69 Å². The first-order chi connectivity index (χ1) is 32.0. The molecule has 344 valence electrons. The van der Waals surface area contributed by atoms with Crippen LogP contribution in [0, 0.1) is 0 Å². The summed E-state index contributed by atoms with van der Waals surface area (Å²) in [4.78, 5) is 2.55. The van der Waals surface area contributed by atoms with E-state index in [0.29, 0.717) is 0 Å². The molecule has 0 atom stereocenters. The Morgan fingerprint density at radius 2 is 0.750 bits per heavy atom. The molecule has 9 rings (SSSR count). The number of rotatable bonds is 7. The van der Waals surface area contributed by atoms with Gasteiger partial charge in [-0.15, -0.1) is 0 Å². The minimum absolute atomic E-state index is 0.00475. The van der Waals surface area contributed by atoms with E-state index in [9.17, 15) is 0 Å². The normalized spacial score (nSPS) is 13.6. The van der Waals surface area contributed by atoms with Crippen molar-refractivity contribution in [2.75, 3.05) is 4.90 Å². The number of fused-ring (bicyclic) bond motifs is 3. The van der Waals surface area contributed by atoms with Gasteiger partial charge >= 0.3 is 0 Å². The Labute approximate surface area is 409 Å². The molecule has 0 aliphatic heterocycles. The number of hydrogen-bond donors (Lipinski definition) is 0. The maximum absolute atomic E-state index is 2.55. The van der Waals surface area contributed by atoms with Gasteiger partial charge in [0, 0.05) is 22.4 Å². The van der Waals surface area contributed by atoms with Gasteiger partial charge in [0.25, 0.3) is 0 Å². The molecule has 1 aliphatic carbocycles. The van der Waals surface area contributed by atoms with Crippen LogP contribution in [0.4, 0.5) is 17.1 Å². The Balaban J connectivity index is 1.37. The van der Waals surface area contributed by atoms with Gasteiger partial charge in [-0.3, -0.25) is 0 Å². The van der Waals surface area contributed by atoms with E-state index in [1.807, 2.05) is 0 Å². The highest BCUT2D eigenvalue weighted by atomic mass is 15.1. The lowest BCUT2D eigenvalue weighted by atomic mass is 9.77. The van der Waals surface area contributed by atoms with Crippen LogP contribution in [-0.2, 0) is 27.1 Å². The van der Waals surface area contributed by atoms with E-state index < -0.39 is 0 Å². The largest absolute Gasteiger partial charge is 0.310 e. The van der Waals surface area contributed by atoms with Gasteiger partial charge in [0.1, 0.15) is 0 Å². The highest BCUT2D eigenvalue weighted by Gasteiger charge is 2.36. The summed E-state index contributed by atoms with van der Waals surface area (Å²) in [7, 11) is 0. The lowest BCUT2D eigenvalue weighted by molar-refractivity contribution is 0.569. The van der Waals surface area contributed by atoms with E-state index >= 15 is 0 Å². The van der Waals surface area contributed by atoms with Gasteiger partial charge in [-0.2, -0.15) is 0 Å². The summed E-state index contributed by atoms with van der Waals surface area (Å²) in [6.45, 7) is 32.9. The fourth-order valence-electron chi connectivity index (χ4n) is 10.1. The fourth-order valence-corrected chi connectivity index (χ4v) is 10.1. The van der Waals surface area contributed by atoms with E-state index in [1.54, 1.807) is 0 Å². The maximum atomic E-state index is 2.55. The van der Waals surface area contributed by atoms with Crippen molar-refractivity contribution in [1.29, 1.82) is 0 Å². The molecule has 0 amide bonds. The zero-order valence-corrected chi connectivity index (χ0v) is 43.2. The van der Waals surface area contributed by atoms with E-state index in [4.69, 9.17) is 0 Å². The Hall–Kier alpha value is -6.44. The van der Waals surface area contributed by atoms with Crippen molar-refractivity contribution >= 4 is 17.1 Å². The molecule has 1 nitrogen and oxygen atoms in total. The molecule has 0 saturated carbocycles. The van der Waals surface area contributed by atoms with Crippen molar-refractivity contribution in [1.82, 2.24) is 0 Å². The van der Waals surface area contributed by atoms with Crippen molar-refractivity contribution in [3.63, 3.8) is 0 Å². The molecule has 8 aromatic carbocycles. The lowest BCUT2D eigenvalue weighted by Crippen LogP contribution is -2.18. The molecule has 68 heavy (non-hydrogen) atoms. The molecule has 0 radical (unpaired) electrons. The highest BCUT2D eigenvalue weighted by molar-refractivity contribution is 5.99. The number of nitrogens with zero attached hydrogens (tertiary/aromatic N) is 1. The van der Waals surface area contributed by atoms with Crippen molar-refractivity contribution in [3.8, 4) is 55.6 Å². The summed E-state index contributed by atoms with van der Waals surface area (Å²) in [5, 5.41) is 0. The van der Waals surface area contributed by atoms with Crippen LogP contribution >= 0.6 is 0 Å². The minimum atomic E-state index is -0.160. The maximum Gasteiger partial charge on any atom is 0.0549 e. The second-order valence-electron chi connectivity index (χ2n) is 24.0. The predicted octanol–water partition coefficient (Wildman–Crippen LogP) is 19.3. The van der Waals surface area contributed by atoms with Crippen LogP contribution in [0.15, 0.2) is 176 Å². The second kappa shape index (κ2) is 17.0. The summed E-state index contributed by atoms with van der Waals surface area (Å²) in [6.07, 6.45) is 0. The summed E-state index contributed by atoms with van der Waals surface area (Å²) in [6, 6.07) is 67.0. The Bertz CT molecular complexity index is 3100. The molecule has 0 saturated heterocycles. The molecule has 0 heterocycles. The van der Waals surface area contributed by atoms with Crippen molar-refractivity contribution in [3.05, 3.63) is 209 Å². The second-order valence-corrected chi connectivity index (χ2v) is 24.0. The van der Waals surface area contributed by atoms with E-state index in [1.165, 1.54) is 89.0 Å². The van der Waals surface area contributed by atoms with Crippen LogP contribution in [0.2, 0.25) is 0 Å². The zero-order chi connectivity index (χ0) is 48.6. The standard InChI is InChI=1S/C67H71N/c1-63(2,3)50-36-47(48-37-51(64(4,5)6)40-52(38-48)65(7,8)9)35-49(39-50)58-41-53(66(10,11)12)42-61(62(58)46-25-19-16-20-26-46)68(54-31-29-45(30-32-54)44-23-17-15-18-24-44)55-33-34-57-56-27-21-22-28-59(56)67(13,14)60(57)43-55/h15-43H,1-14H3. The van der Waals surface area contributed by atoms with Gasteiger partial charge in [-0.25, -0.2) is 0 Å². The molecule has 0 fully saturated rings. The Morgan fingerprint density at radius 1 is 0.309 bits per heavy atom. The molecular formula is C67H71N. The number of benzene rings is 8. The first-order valence-electron chi connectivity index (χ1n) is 24.7. The molecule has 0 spiro atoms. The average Bonchev–Trinajstić information content (AvgIpc) is 3.53. The molecule has 0 bridgehead atoms. The van der Waals surface area contributed by atoms with Crippen molar-refractivity contribution in [2.24, 2.45) is 0 Å². The third kappa shape index (κ3) is 8.89. The van der Waals surface area contributed by atoms with Gasteiger partial charge in [-0.05, 0) is 148 Å². The monoisotopic (exact) mass is 890 g/mol. The Morgan fingerprint density at radius 3 is 1.32 bits per heavy atom. The summed E-state index contributed by atoms with van der Waals surface area (Å²) in [5.74, 6) is 0. The number of hydrogen-bond acceptors (Lipinski definition) is 1. The lowest BCUT2D eigenvalue weighted by Gasteiger charge is -2.33. The van der Waals surface area contributed by atoms with Gasteiger partial charge in [-0.1, -0.05) is 230 Å². The molecule has 0 N–H and O–H groups in total. The quantitative estimate of drug-likeness (QED) is 0.154. The zero-order valence-electron chi connectivity index (χ0n) is 43.2. The van der Waals surface area contributed by atoms with E-state index in [-0.39, 0.29) is 27.1 Å². The van der Waals surface area contributed by atoms with E-state index in [2.05, 4.69) is 278 Å². The molecule has 0 aromatic heterocycles. The van der Waals surface area contributed by atoms with Crippen LogP contribution in [-0.4, -0.2) is 0 Å². The fraction of sp³-hybridized carbons (Fsp3) is 0.284. The molecule has 1 aliphatic rings. The number of anilines is 3. The third-order valence-corrected chi connectivity index (χ3v) is 14.5. The van der Waals surface area contributed by atoms with Crippen molar-refractivity contribution in [2.45, 2.75) is 124 Å². The summed E-state index contributed by atoms with van der Waals surface area (Å²) < 4.78 is 0. The summed E-state index contributed by atoms with van der Waals surface area (Å²) >= 11 is 0.